The van der Waals surface area contributed by atoms with Crippen molar-refractivity contribution in [1.29, 1.82) is 0 Å². The van der Waals surface area contributed by atoms with Gasteiger partial charge < -0.3 is 9.90 Å². The van der Waals surface area contributed by atoms with Crippen molar-refractivity contribution in [3.05, 3.63) is 0 Å². The SMILES string of the molecule is CC.CC(O)N1CC2(CCCC2)CC1C=O. The molecule has 0 radical (unpaired) electrons. The number of likely N-dealkylation sites (tertiary alicyclic amines) is 1. The van der Waals surface area contributed by atoms with E-state index < -0.39 is 6.23 Å². The second-order valence-corrected chi connectivity index (χ2v) is 4.92. The molecule has 1 aliphatic heterocycles. The molecule has 0 bridgehead atoms. The second-order valence-electron chi connectivity index (χ2n) is 4.92. The first-order chi connectivity index (χ1) is 7.67. The fraction of sp³-hybridized carbons (Fsp3) is 0.923. The maximum Gasteiger partial charge on any atom is 0.137 e. The zero-order valence-electron chi connectivity index (χ0n) is 10.8. The largest absolute Gasteiger partial charge is 0.379 e. The van der Waals surface area contributed by atoms with Crippen LogP contribution in [0.5, 0.6) is 0 Å². The average Bonchev–Trinajstić information content (AvgIpc) is 2.90. The zero-order chi connectivity index (χ0) is 12.2. The van der Waals surface area contributed by atoms with E-state index in [2.05, 4.69) is 0 Å². The highest BCUT2D eigenvalue weighted by Gasteiger charge is 2.46. The monoisotopic (exact) mass is 227 g/mol. The van der Waals surface area contributed by atoms with Gasteiger partial charge in [0.2, 0.25) is 0 Å². The summed E-state index contributed by atoms with van der Waals surface area (Å²) in [5.74, 6) is 0. The van der Waals surface area contributed by atoms with Gasteiger partial charge in [-0.25, -0.2) is 0 Å². The molecular formula is C13H25NO2. The Morgan fingerprint density at radius 2 is 1.94 bits per heavy atom. The van der Waals surface area contributed by atoms with Gasteiger partial charge in [-0.05, 0) is 31.6 Å². The van der Waals surface area contributed by atoms with Gasteiger partial charge in [0.05, 0.1) is 6.04 Å². The van der Waals surface area contributed by atoms with Gasteiger partial charge in [-0.2, -0.15) is 0 Å². The van der Waals surface area contributed by atoms with E-state index >= 15 is 0 Å². The average molecular weight is 227 g/mol. The molecule has 1 spiro atoms. The van der Waals surface area contributed by atoms with E-state index in [9.17, 15) is 9.90 Å². The Hall–Kier alpha value is -0.410. The van der Waals surface area contributed by atoms with Gasteiger partial charge in [-0.1, -0.05) is 26.7 Å². The van der Waals surface area contributed by atoms with Gasteiger partial charge in [0.25, 0.3) is 0 Å². The van der Waals surface area contributed by atoms with E-state index in [1.807, 2.05) is 18.7 Å². The van der Waals surface area contributed by atoms with Gasteiger partial charge in [0.1, 0.15) is 12.5 Å². The van der Waals surface area contributed by atoms with Crippen LogP contribution in [0.25, 0.3) is 0 Å². The fourth-order valence-electron chi connectivity index (χ4n) is 3.15. The summed E-state index contributed by atoms with van der Waals surface area (Å²) >= 11 is 0. The first kappa shape index (κ1) is 13.7. The summed E-state index contributed by atoms with van der Waals surface area (Å²) in [5.41, 5.74) is 0.350. The van der Waals surface area contributed by atoms with Crippen LogP contribution in [0, 0.1) is 5.41 Å². The van der Waals surface area contributed by atoms with E-state index in [4.69, 9.17) is 0 Å². The molecule has 1 N–H and O–H groups in total. The molecule has 2 aliphatic rings. The number of aliphatic hydroxyl groups is 1. The topological polar surface area (TPSA) is 40.5 Å². The molecule has 0 aromatic heterocycles. The Balaban J connectivity index is 0.000000606. The summed E-state index contributed by atoms with van der Waals surface area (Å²) in [4.78, 5) is 12.9. The highest BCUT2D eigenvalue weighted by atomic mass is 16.3. The van der Waals surface area contributed by atoms with Crippen LogP contribution in [0.2, 0.25) is 0 Å². The molecule has 16 heavy (non-hydrogen) atoms. The zero-order valence-corrected chi connectivity index (χ0v) is 10.8. The van der Waals surface area contributed by atoms with Crippen LogP contribution in [0.15, 0.2) is 0 Å². The van der Waals surface area contributed by atoms with Gasteiger partial charge in [-0.15, -0.1) is 0 Å². The van der Waals surface area contributed by atoms with Crippen LogP contribution < -0.4 is 0 Å². The number of aliphatic hydroxyl groups excluding tert-OH is 1. The van der Waals surface area contributed by atoms with E-state index in [0.717, 1.165) is 19.3 Å². The van der Waals surface area contributed by atoms with Crippen molar-refractivity contribution in [2.24, 2.45) is 5.41 Å². The molecule has 2 fully saturated rings. The molecule has 2 atom stereocenters. The number of nitrogens with zero attached hydrogens (tertiary/aromatic N) is 1. The molecule has 2 unspecified atom stereocenters. The fourth-order valence-corrected chi connectivity index (χ4v) is 3.15. The molecule has 2 rings (SSSR count). The molecule has 3 heteroatoms. The van der Waals surface area contributed by atoms with Crippen molar-refractivity contribution in [2.45, 2.75) is 65.1 Å². The van der Waals surface area contributed by atoms with Crippen LogP contribution in [0.3, 0.4) is 0 Å². The number of carbonyl (C=O) groups is 1. The summed E-state index contributed by atoms with van der Waals surface area (Å²) < 4.78 is 0. The molecule has 1 saturated carbocycles. The van der Waals surface area contributed by atoms with Crippen molar-refractivity contribution in [3.8, 4) is 0 Å². The lowest BCUT2D eigenvalue weighted by Gasteiger charge is -2.25. The number of aldehydes is 1. The summed E-state index contributed by atoms with van der Waals surface area (Å²) in [6.45, 7) is 6.67. The molecule has 1 aliphatic carbocycles. The van der Waals surface area contributed by atoms with Crippen LogP contribution in [0.1, 0.15) is 52.9 Å². The number of hydrogen-bond acceptors (Lipinski definition) is 3. The summed E-state index contributed by atoms with van der Waals surface area (Å²) in [7, 11) is 0. The number of hydrogen-bond donors (Lipinski definition) is 1. The Morgan fingerprint density at radius 1 is 1.38 bits per heavy atom. The Morgan fingerprint density at radius 3 is 2.31 bits per heavy atom. The predicted octanol–water partition coefficient (Wildman–Crippen LogP) is 2.18. The lowest BCUT2D eigenvalue weighted by molar-refractivity contribution is -0.114. The van der Waals surface area contributed by atoms with E-state index in [1.165, 1.54) is 25.7 Å². The Labute approximate surface area is 98.8 Å². The second kappa shape index (κ2) is 5.78. The first-order valence-corrected chi connectivity index (χ1v) is 6.56. The highest BCUT2D eigenvalue weighted by molar-refractivity contribution is 5.58. The van der Waals surface area contributed by atoms with Crippen LogP contribution in [-0.2, 0) is 4.79 Å². The summed E-state index contributed by atoms with van der Waals surface area (Å²) in [6, 6.07) is -0.0481. The van der Waals surface area contributed by atoms with Crippen molar-refractivity contribution in [1.82, 2.24) is 4.90 Å². The van der Waals surface area contributed by atoms with Crippen molar-refractivity contribution < 1.29 is 9.90 Å². The van der Waals surface area contributed by atoms with E-state index in [0.29, 0.717) is 5.41 Å². The number of carbonyl (C=O) groups excluding carboxylic acids is 1. The summed E-state index contributed by atoms with van der Waals surface area (Å²) in [6.07, 6.45) is 6.53. The Bertz CT molecular complexity index is 222. The molecule has 1 saturated heterocycles. The van der Waals surface area contributed by atoms with Crippen molar-refractivity contribution >= 4 is 6.29 Å². The maximum atomic E-state index is 10.9. The van der Waals surface area contributed by atoms with E-state index in [1.54, 1.807) is 6.92 Å². The first-order valence-electron chi connectivity index (χ1n) is 6.56. The quantitative estimate of drug-likeness (QED) is 0.735. The minimum atomic E-state index is -0.481. The lowest BCUT2D eigenvalue weighted by atomic mass is 9.84. The van der Waals surface area contributed by atoms with Crippen LogP contribution in [-0.4, -0.2) is 35.1 Å². The molecule has 0 aromatic rings. The lowest BCUT2D eigenvalue weighted by Crippen LogP contribution is -2.38. The molecule has 3 nitrogen and oxygen atoms in total. The van der Waals surface area contributed by atoms with E-state index in [-0.39, 0.29) is 6.04 Å². The van der Waals surface area contributed by atoms with Crippen molar-refractivity contribution in [3.63, 3.8) is 0 Å². The van der Waals surface area contributed by atoms with Gasteiger partial charge >= 0.3 is 0 Å². The molecule has 94 valence electrons. The number of rotatable bonds is 2. The third kappa shape index (κ3) is 2.64. The van der Waals surface area contributed by atoms with Crippen LogP contribution >= 0.6 is 0 Å². The predicted molar refractivity (Wildman–Crippen MR) is 65.1 cm³/mol. The van der Waals surface area contributed by atoms with Gasteiger partial charge in [0.15, 0.2) is 0 Å². The molecule has 1 heterocycles. The standard InChI is InChI=1S/C11H19NO2.C2H6/c1-9(14)12-8-11(4-2-3-5-11)6-10(12)7-13;1-2/h7,9-10,14H,2-6,8H2,1H3;1-2H3. The van der Waals surface area contributed by atoms with Gasteiger partial charge in [-0.3, -0.25) is 4.90 Å². The minimum absolute atomic E-state index is 0.0481. The normalized spacial score (nSPS) is 29.9. The van der Waals surface area contributed by atoms with Crippen molar-refractivity contribution in [2.75, 3.05) is 6.54 Å². The molecular weight excluding hydrogens is 202 g/mol. The third-order valence-electron chi connectivity index (χ3n) is 3.89. The minimum Gasteiger partial charge on any atom is -0.379 e. The highest BCUT2D eigenvalue weighted by Crippen LogP contribution is 2.47. The smallest absolute Gasteiger partial charge is 0.137 e. The third-order valence-corrected chi connectivity index (χ3v) is 3.89. The van der Waals surface area contributed by atoms with Gasteiger partial charge in [0, 0.05) is 6.54 Å². The van der Waals surface area contributed by atoms with Crippen LogP contribution in [0.4, 0.5) is 0 Å². The molecule has 0 aromatic carbocycles. The maximum absolute atomic E-state index is 10.9. The summed E-state index contributed by atoms with van der Waals surface area (Å²) in [5, 5.41) is 9.56. The Kier molecular flexibility index (Phi) is 4.93. The molecule has 0 amide bonds.